The first-order valence-electron chi connectivity index (χ1n) is 8.31. The summed E-state index contributed by atoms with van der Waals surface area (Å²) in [5, 5.41) is 0. The average molecular weight is 283 g/mol. The summed E-state index contributed by atoms with van der Waals surface area (Å²) in [6, 6.07) is 10.9. The number of nitrogens with zero attached hydrogens (tertiary/aromatic N) is 1. The Morgan fingerprint density at radius 2 is 1.86 bits per heavy atom. The molecule has 1 aromatic carbocycles. The molecule has 3 atom stereocenters. The number of hydrogen-bond acceptors (Lipinski definition) is 1. The lowest BCUT2D eigenvalue weighted by molar-refractivity contribution is -0.135. The minimum Gasteiger partial charge on any atom is -0.333 e. The molecule has 1 aliphatic carbocycles. The summed E-state index contributed by atoms with van der Waals surface area (Å²) in [4.78, 5) is 14.8. The van der Waals surface area contributed by atoms with E-state index in [1.807, 2.05) is 36.4 Å². The molecule has 1 saturated heterocycles. The number of piperidine rings is 1. The molecule has 2 aliphatic rings. The summed E-state index contributed by atoms with van der Waals surface area (Å²) >= 11 is 0. The van der Waals surface area contributed by atoms with Gasteiger partial charge in [-0.2, -0.15) is 0 Å². The summed E-state index contributed by atoms with van der Waals surface area (Å²) in [6.45, 7) is 2.21. The Balaban J connectivity index is 1.73. The second kappa shape index (κ2) is 6.46. The van der Waals surface area contributed by atoms with Gasteiger partial charge in [-0.3, -0.25) is 4.79 Å². The highest BCUT2D eigenvalue weighted by Crippen LogP contribution is 2.37. The van der Waals surface area contributed by atoms with Gasteiger partial charge in [0.25, 0.3) is 0 Å². The van der Waals surface area contributed by atoms with Gasteiger partial charge in [0.1, 0.15) is 0 Å². The van der Waals surface area contributed by atoms with E-state index >= 15 is 0 Å². The molecular formula is C19H25NO. The molecule has 0 radical (unpaired) electrons. The van der Waals surface area contributed by atoms with Crippen molar-refractivity contribution >= 4 is 12.0 Å². The molecule has 3 rings (SSSR count). The molecule has 0 unspecified atom stereocenters. The summed E-state index contributed by atoms with van der Waals surface area (Å²) in [7, 11) is 0. The number of carbonyl (C=O) groups is 1. The van der Waals surface area contributed by atoms with Crippen molar-refractivity contribution in [2.75, 3.05) is 0 Å². The van der Waals surface area contributed by atoms with Gasteiger partial charge in [-0.25, -0.2) is 0 Å². The van der Waals surface area contributed by atoms with E-state index in [4.69, 9.17) is 0 Å². The molecule has 0 aromatic heterocycles. The van der Waals surface area contributed by atoms with Crippen molar-refractivity contribution in [1.29, 1.82) is 0 Å². The fraction of sp³-hybridized carbons (Fsp3) is 0.526. The number of carbonyl (C=O) groups excluding carboxylic acids is 1. The van der Waals surface area contributed by atoms with Gasteiger partial charge in [0.2, 0.25) is 5.91 Å². The molecule has 0 spiro atoms. The Bertz CT molecular complexity index is 508. The van der Waals surface area contributed by atoms with Crippen LogP contribution in [-0.4, -0.2) is 22.9 Å². The molecule has 1 heterocycles. The van der Waals surface area contributed by atoms with Crippen molar-refractivity contribution in [3.63, 3.8) is 0 Å². The molecule has 1 amide bonds. The summed E-state index contributed by atoms with van der Waals surface area (Å²) in [5.74, 6) is 0.937. The van der Waals surface area contributed by atoms with E-state index in [0.29, 0.717) is 12.1 Å². The largest absolute Gasteiger partial charge is 0.333 e. The minimum atomic E-state index is 0.197. The van der Waals surface area contributed by atoms with Gasteiger partial charge < -0.3 is 4.90 Å². The van der Waals surface area contributed by atoms with Gasteiger partial charge in [0.05, 0.1) is 0 Å². The molecule has 1 aromatic rings. The van der Waals surface area contributed by atoms with Gasteiger partial charge in [-0.05, 0) is 50.2 Å². The lowest BCUT2D eigenvalue weighted by atomic mass is 9.76. The van der Waals surface area contributed by atoms with Crippen LogP contribution >= 0.6 is 0 Å². The zero-order chi connectivity index (χ0) is 14.7. The fourth-order valence-corrected chi connectivity index (χ4v) is 4.01. The third kappa shape index (κ3) is 3.20. The van der Waals surface area contributed by atoms with Gasteiger partial charge in [-0.15, -0.1) is 0 Å². The van der Waals surface area contributed by atoms with Crippen molar-refractivity contribution in [3.05, 3.63) is 42.0 Å². The lowest BCUT2D eigenvalue weighted by Crippen LogP contribution is -2.53. The van der Waals surface area contributed by atoms with Crippen LogP contribution in [0.4, 0.5) is 0 Å². The molecule has 2 fully saturated rings. The lowest BCUT2D eigenvalue weighted by Gasteiger charge is -2.47. The summed E-state index contributed by atoms with van der Waals surface area (Å²) in [6.07, 6.45) is 11.3. The van der Waals surface area contributed by atoms with Crippen LogP contribution in [0.1, 0.15) is 51.0 Å². The van der Waals surface area contributed by atoms with Crippen LogP contribution < -0.4 is 0 Å². The SMILES string of the molecule is C[C@H]1CC[C@@H]2CCCC[C@@H]2N1C(=O)/C=C/c1ccccc1. The standard InChI is InChI=1S/C19H25NO/c1-15-11-13-17-9-5-6-10-18(17)20(15)19(21)14-12-16-7-3-2-4-8-16/h2-4,7-8,12,14-15,17-18H,5-6,9-11,13H2,1H3/b14-12+/t15-,17-,18-/m0/s1. The van der Waals surface area contributed by atoms with Gasteiger partial charge in [-0.1, -0.05) is 43.2 Å². The molecule has 2 heteroatoms. The van der Waals surface area contributed by atoms with E-state index in [1.165, 1.54) is 32.1 Å². The molecule has 2 nitrogen and oxygen atoms in total. The Labute approximate surface area is 127 Å². The van der Waals surface area contributed by atoms with E-state index in [1.54, 1.807) is 6.08 Å². The van der Waals surface area contributed by atoms with Crippen LogP contribution in [0.25, 0.3) is 6.08 Å². The third-order valence-corrected chi connectivity index (χ3v) is 5.13. The van der Waals surface area contributed by atoms with Crippen molar-refractivity contribution in [3.8, 4) is 0 Å². The second-order valence-corrected chi connectivity index (χ2v) is 6.53. The van der Waals surface area contributed by atoms with E-state index in [-0.39, 0.29) is 5.91 Å². The Morgan fingerprint density at radius 1 is 1.10 bits per heavy atom. The van der Waals surface area contributed by atoms with Crippen molar-refractivity contribution in [2.24, 2.45) is 5.92 Å². The van der Waals surface area contributed by atoms with Crippen LogP contribution in [0.5, 0.6) is 0 Å². The number of amides is 1. The fourth-order valence-electron chi connectivity index (χ4n) is 4.01. The van der Waals surface area contributed by atoms with Gasteiger partial charge in [0.15, 0.2) is 0 Å². The Hall–Kier alpha value is -1.57. The van der Waals surface area contributed by atoms with Crippen LogP contribution in [0.15, 0.2) is 36.4 Å². The molecule has 1 saturated carbocycles. The van der Waals surface area contributed by atoms with Crippen molar-refractivity contribution in [2.45, 2.75) is 57.5 Å². The van der Waals surface area contributed by atoms with Crippen LogP contribution in [0.2, 0.25) is 0 Å². The normalized spacial score (nSPS) is 29.4. The molecule has 0 bridgehead atoms. The molecule has 0 N–H and O–H groups in total. The van der Waals surface area contributed by atoms with Crippen LogP contribution in [0.3, 0.4) is 0 Å². The van der Waals surface area contributed by atoms with E-state index in [0.717, 1.165) is 17.9 Å². The predicted molar refractivity (Wildman–Crippen MR) is 86.8 cm³/mol. The highest BCUT2D eigenvalue weighted by Gasteiger charge is 2.38. The van der Waals surface area contributed by atoms with Crippen LogP contribution in [-0.2, 0) is 4.79 Å². The maximum absolute atomic E-state index is 12.7. The summed E-state index contributed by atoms with van der Waals surface area (Å²) in [5.41, 5.74) is 1.09. The maximum Gasteiger partial charge on any atom is 0.247 e. The van der Waals surface area contributed by atoms with E-state index in [9.17, 15) is 4.79 Å². The van der Waals surface area contributed by atoms with E-state index in [2.05, 4.69) is 11.8 Å². The number of hydrogen-bond donors (Lipinski definition) is 0. The zero-order valence-electron chi connectivity index (χ0n) is 12.9. The first kappa shape index (κ1) is 14.4. The highest BCUT2D eigenvalue weighted by molar-refractivity contribution is 5.92. The van der Waals surface area contributed by atoms with Gasteiger partial charge >= 0.3 is 0 Å². The maximum atomic E-state index is 12.7. The molecule has 1 aliphatic heterocycles. The first-order chi connectivity index (χ1) is 10.3. The number of likely N-dealkylation sites (tertiary alicyclic amines) is 1. The Kier molecular flexibility index (Phi) is 4.42. The highest BCUT2D eigenvalue weighted by atomic mass is 16.2. The average Bonchev–Trinajstić information content (AvgIpc) is 2.53. The number of rotatable bonds is 2. The monoisotopic (exact) mass is 283 g/mol. The third-order valence-electron chi connectivity index (χ3n) is 5.13. The van der Waals surface area contributed by atoms with Gasteiger partial charge in [0, 0.05) is 18.2 Å². The first-order valence-corrected chi connectivity index (χ1v) is 8.31. The van der Waals surface area contributed by atoms with Crippen molar-refractivity contribution in [1.82, 2.24) is 4.90 Å². The molecule has 112 valence electrons. The predicted octanol–water partition coefficient (Wildman–Crippen LogP) is 4.27. The smallest absolute Gasteiger partial charge is 0.247 e. The zero-order valence-corrected chi connectivity index (χ0v) is 12.9. The minimum absolute atomic E-state index is 0.197. The molecule has 21 heavy (non-hydrogen) atoms. The Morgan fingerprint density at radius 3 is 2.67 bits per heavy atom. The second-order valence-electron chi connectivity index (χ2n) is 6.53. The number of fused-ring (bicyclic) bond motifs is 1. The van der Waals surface area contributed by atoms with E-state index < -0.39 is 0 Å². The topological polar surface area (TPSA) is 20.3 Å². The van der Waals surface area contributed by atoms with Crippen LogP contribution in [0, 0.1) is 5.92 Å². The van der Waals surface area contributed by atoms with Crippen molar-refractivity contribution < 1.29 is 4.79 Å². The summed E-state index contributed by atoms with van der Waals surface area (Å²) < 4.78 is 0. The quantitative estimate of drug-likeness (QED) is 0.742. The molecular weight excluding hydrogens is 258 g/mol. The number of benzene rings is 1.